The Labute approximate surface area is 121 Å². The number of terminal acetylenes is 1. The molecule has 1 amide bonds. The Morgan fingerprint density at radius 2 is 2.00 bits per heavy atom. The van der Waals surface area contributed by atoms with E-state index in [1.54, 1.807) is 4.90 Å². The van der Waals surface area contributed by atoms with Crippen molar-refractivity contribution >= 4 is 6.09 Å². The van der Waals surface area contributed by atoms with Crippen molar-refractivity contribution in [3.8, 4) is 12.3 Å². The van der Waals surface area contributed by atoms with Crippen molar-refractivity contribution < 1.29 is 9.53 Å². The molecule has 0 N–H and O–H groups in total. The van der Waals surface area contributed by atoms with E-state index in [-0.39, 0.29) is 6.09 Å². The summed E-state index contributed by atoms with van der Waals surface area (Å²) >= 11 is 0. The third-order valence-corrected chi connectivity index (χ3v) is 3.72. The van der Waals surface area contributed by atoms with Gasteiger partial charge >= 0.3 is 6.09 Å². The molecule has 20 heavy (non-hydrogen) atoms. The summed E-state index contributed by atoms with van der Waals surface area (Å²) < 4.78 is 5.40. The molecule has 0 saturated carbocycles. The molecule has 0 radical (unpaired) electrons. The van der Waals surface area contributed by atoms with Crippen molar-refractivity contribution in [3.63, 3.8) is 0 Å². The van der Waals surface area contributed by atoms with E-state index in [1.807, 2.05) is 20.8 Å². The molecule has 0 spiro atoms. The highest BCUT2D eigenvalue weighted by atomic mass is 16.6. The van der Waals surface area contributed by atoms with Crippen LogP contribution in [0.25, 0.3) is 0 Å². The van der Waals surface area contributed by atoms with Crippen LogP contribution in [0.5, 0.6) is 0 Å². The Hall–Kier alpha value is -1.47. The van der Waals surface area contributed by atoms with Crippen LogP contribution in [-0.2, 0) is 4.74 Å². The van der Waals surface area contributed by atoms with Crippen molar-refractivity contribution in [1.82, 2.24) is 9.80 Å². The number of allylic oxidation sites excluding steroid dienone is 1. The summed E-state index contributed by atoms with van der Waals surface area (Å²) in [5.74, 6) is 2.74. The smallest absolute Gasteiger partial charge is 0.410 e. The van der Waals surface area contributed by atoms with Gasteiger partial charge in [0.15, 0.2) is 0 Å². The van der Waals surface area contributed by atoms with Crippen LogP contribution in [0.2, 0.25) is 0 Å². The van der Waals surface area contributed by atoms with Crippen LogP contribution in [-0.4, -0.2) is 53.7 Å². The fraction of sp³-hybridized carbons (Fsp3) is 0.688. The highest BCUT2D eigenvalue weighted by molar-refractivity contribution is 5.68. The molecule has 2 rings (SSSR count). The molecule has 0 aromatic rings. The van der Waals surface area contributed by atoms with E-state index in [0.717, 1.165) is 44.6 Å². The first-order valence-corrected chi connectivity index (χ1v) is 7.28. The Morgan fingerprint density at radius 3 is 2.50 bits per heavy atom. The molecule has 4 nitrogen and oxygen atoms in total. The van der Waals surface area contributed by atoms with E-state index in [9.17, 15) is 4.79 Å². The quantitative estimate of drug-likeness (QED) is 0.689. The molecule has 1 unspecified atom stereocenters. The minimum absolute atomic E-state index is 0.205. The topological polar surface area (TPSA) is 32.8 Å². The summed E-state index contributed by atoms with van der Waals surface area (Å²) in [6, 6.07) is 0.446. The van der Waals surface area contributed by atoms with Crippen LogP contribution < -0.4 is 0 Å². The SMILES string of the molecule is C#CC1=CC(N2CCN(C(=O)OC(C)(C)C)CC2)CC1. The molecule has 1 atom stereocenters. The predicted octanol–water partition coefficient (Wildman–Crippen LogP) is 2.26. The lowest BCUT2D eigenvalue weighted by atomic mass is 10.2. The molecular weight excluding hydrogens is 252 g/mol. The summed E-state index contributed by atoms with van der Waals surface area (Å²) in [6.07, 6.45) is 9.54. The third-order valence-electron chi connectivity index (χ3n) is 3.72. The lowest BCUT2D eigenvalue weighted by molar-refractivity contribution is 0.0123. The number of hydrogen-bond donors (Lipinski definition) is 0. The lowest BCUT2D eigenvalue weighted by Gasteiger charge is -2.37. The first-order valence-electron chi connectivity index (χ1n) is 7.28. The summed E-state index contributed by atoms with van der Waals surface area (Å²) in [5.41, 5.74) is 0.689. The van der Waals surface area contributed by atoms with Crippen LogP contribution >= 0.6 is 0 Å². The molecule has 1 aliphatic carbocycles. The molecule has 0 aromatic heterocycles. The average molecular weight is 276 g/mol. The van der Waals surface area contributed by atoms with E-state index in [0.29, 0.717) is 6.04 Å². The van der Waals surface area contributed by atoms with E-state index in [1.165, 1.54) is 0 Å². The maximum absolute atomic E-state index is 12.0. The van der Waals surface area contributed by atoms with Crippen molar-refractivity contribution in [3.05, 3.63) is 11.6 Å². The third kappa shape index (κ3) is 3.77. The van der Waals surface area contributed by atoms with Gasteiger partial charge in [-0.1, -0.05) is 12.0 Å². The monoisotopic (exact) mass is 276 g/mol. The second-order valence-electron chi connectivity index (χ2n) is 6.45. The molecule has 0 aromatic carbocycles. The summed E-state index contributed by atoms with van der Waals surface area (Å²) in [6.45, 7) is 8.91. The highest BCUT2D eigenvalue weighted by Gasteiger charge is 2.29. The number of rotatable bonds is 1. The van der Waals surface area contributed by atoms with Gasteiger partial charge in [-0.25, -0.2) is 4.79 Å². The number of piperazine rings is 1. The molecule has 1 saturated heterocycles. The van der Waals surface area contributed by atoms with Gasteiger partial charge in [0.2, 0.25) is 0 Å². The minimum Gasteiger partial charge on any atom is -0.444 e. The van der Waals surface area contributed by atoms with Gasteiger partial charge in [0, 0.05) is 32.2 Å². The van der Waals surface area contributed by atoms with Gasteiger partial charge in [0.05, 0.1) is 0 Å². The zero-order valence-corrected chi connectivity index (χ0v) is 12.7. The summed E-state index contributed by atoms with van der Waals surface area (Å²) in [4.78, 5) is 16.2. The van der Waals surface area contributed by atoms with Crippen molar-refractivity contribution in [1.29, 1.82) is 0 Å². The van der Waals surface area contributed by atoms with Crippen molar-refractivity contribution in [2.45, 2.75) is 45.3 Å². The number of carbonyl (C=O) groups is 1. The lowest BCUT2D eigenvalue weighted by Crippen LogP contribution is -2.52. The van der Waals surface area contributed by atoms with Crippen LogP contribution in [0, 0.1) is 12.3 Å². The van der Waals surface area contributed by atoms with Crippen molar-refractivity contribution in [2.24, 2.45) is 0 Å². The van der Waals surface area contributed by atoms with E-state index >= 15 is 0 Å². The average Bonchev–Trinajstić information content (AvgIpc) is 2.85. The minimum atomic E-state index is -0.426. The van der Waals surface area contributed by atoms with Crippen molar-refractivity contribution in [2.75, 3.05) is 26.2 Å². The normalized spacial score (nSPS) is 24.2. The number of carbonyl (C=O) groups excluding carboxylic acids is 1. The highest BCUT2D eigenvalue weighted by Crippen LogP contribution is 2.23. The molecule has 2 aliphatic rings. The predicted molar refractivity (Wildman–Crippen MR) is 79.3 cm³/mol. The molecule has 1 heterocycles. The van der Waals surface area contributed by atoms with Gasteiger partial charge in [-0.3, -0.25) is 4.90 Å². The summed E-state index contributed by atoms with van der Waals surface area (Å²) in [7, 11) is 0. The second-order valence-corrected chi connectivity index (χ2v) is 6.45. The number of nitrogens with zero attached hydrogens (tertiary/aromatic N) is 2. The van der Waals surface area contributed by atoms with Gasteiger partial charge in [0.1, 0.15) is 5.60 Å². The second kappa shape index (κ2) is 5.88. The molecule has 1 aliphatic heterocycles. The van der Waals surface area contributed by atoms with Gasteiger partial charge < -0.3 is 9.64 Å². The molecular formula is C16H24N2O2. The fourth-order valence-electron chi connectivity index (χ4n) is 2.67. The van der Waals surface area contributed by atoms with Gasteiger partial charge in [0.25, 0.3) is 0 Å². The Morgan fingerprint density at radius 1 is 1.35 bits per heavy atom. The van der Waals surface area contributed by atoms with Gasteiger partial charge in [-0.05, 0) is 39.2 Å². The zero-order valence-electron chi connectivity index (χ0n) is 12.7. The molecule has 4 heteroatoms. The number of amides is 1. The summed E-state index contributed by atoms with van der Waals surface area (Å²) in [5, 5.41) is 0. The standard InChI is InChI=1S/C16H24N2O2/c1-5-13-6-7-14(12-13)17-8-10-18(11-9-17)15(19)20-16(2,3)4/h1,12,14H,6-11H2,2-4H3. The van der Waals surface area contributed by atoms with E-state index in [2.05, 4.69) is 16.9 Å². The number of ether oxygens (including phenoxy) is 1. The van der Waals surface area contributed by atoms with Crippen LogP contribution in [0.3, 0.4) is 0 Å². The zero-order chi connectivity index (χ0) is 14.8. The van der Waals surface area contributed by atoms with Crippen LogP contribution in [0.1, 0.15) is 33.6 Å². The fourth-order valence-corrected chi connectivity index (χ4v) is 2.67. The number of hydrogen-bond acceptors (Lipinski definition) is 3. The van der Waals surface area contributed by atoms with Crippen LogP contribution in [0.4, 0.5) is 4.79 Å². The maximum atomic E-state index is 12.0. The molecule has 1 fully saturated rings. The Kier molecular flexibility index (Phi) is 4.39. The Bertz CT molecular complexity index is 434. The van der Waals surface area contributed by atoms with Gasteiger partial charge in [-0.2, -0.15) is 0 Å². The van der Waals surface area contributed by atoms with Crippen LogP contribution in [0.15, 0.2) is 11.6 Å². The van der Waals surface area contributed by atoms with E-state index in [4.69, 9.17) is 11.2 Å². The maximum Gasteiger partial charge on any atom is 0.410 e. The van der Waals surface area contributed by atoms with Gasteiger partial charge in [-0.15, -0.1) is 6.42 Å². The first kappa shape index (κ1) is 14.9. The van der Waals surface area contributed by atoms with E-state index < -0.39 is 5.60 Å². The Balaban J connectivity index is 1.83. The largest absolute Gasteiger partial charge is 0.444 e. The molecule has 0 bridgehead atoms. The first-order chi connectivity index (χ1) is 9.39. The molecule has 110 valence electrons.